The molecule has 1 aromatic carbocycles. The largest absolute Gasteiger partial charge is 0.496 e. The van der Waals surface area contributed by atoms with Crippen molar-refractivity contribution in [1.82, 2.24) is 20.0 Å². The van der Waals surface area contributed by atoms with Crippen LogP contribution < -0.4 is 32.2 Å². The molecule has 46 heavy (non-hydrogen) atoms. The van der Waals surface area contributed by atoms with Crippen LogP contribution in [-0.4, -0.2) is 112 Å². The van der Waals surface area contributed by atoms with E-state index in [9.17, 15) is 19.2 Å². The molecule has 1 atom stereocenters. The molecule has 4 amide bonds. The number of thiazole rings is 1. The second-order valence-corrected chi connectivity index (χ2v) is 10.7. The third-order valence-electron chi connectivity index (χ3n) is 6.22. The van der Waals surface area contributed by atoms with E-state index in [1.165, 1.54) is 24.5 Å². The first kappa shape index (κ1) is 36.3. The van der Waals surface area contributed by atoms with Gasteiger partial charge < -0.3 is 51.1 Å². The number of methoxy groups -OCH3 is 1. The Bertz CT molecular complexity index is 1390. The number of amides is 4. The fourth-order valence-corrected chi connectivity index (χ4v) is 4.66. The SMILES string of the molecule is COc1ccc(NC(=O)c2cn3ccsc3n2)cc1C(=O)NC(CCOCCOCC(=O)NCCCN)COCCOCC(N)=O. The smallest absolute Gasteiger partial charge is 0.275 e. The van der Waals surface area contributed by atoms with Crippen LogP contribution >= 0.6 is 11.3 Å². The first-order chi connectivity index (χ1) is 22.3. The third kappa shape index (κ3) is 12.7. The van der Waals surface area contributed by atoms with Gasteiger partial charge in [0, 0.05) is 36.6 Å². The molecule has 16 nitrogen and oxygen atoms in total. The number of benzene rings is 1. The van der Waals surface area contributed by atoms with Crippen LogP contribution in [0.1, 0.15) is 33.7 Å². The minimum atomic E-state index is -0.587. The zero-order chi connectivity index (χ0) is 33.1. The minimum Gasteiger partial charge on any atom is -0.496 e. The predicted molar refractivity (Wildman–Crippen MR) is 169 cm³/mol. The van der Waals surface area contributed by atoms with E-state index in [1.54, 1.807) is 28.9 Å². The first-order valence-corrected chi connectivity index (χ1v) is 15.5. The molecule has 3 rings (SSSR count). The summed E-state index contributed by atoms with van der Waals surface area (Å²) >= 11 is 1.41. The summed E-state index contributed by atoms with van der Waals surface area (Å²) in [5.74, 6) is -1.40. The summed E-state index contributed by atoms with van der Waals surface area (Å²) in [5, 5.41) is 10.3. The average Bonchev–Trinajstić information content (AvgIpc) is 3.65. The number of rotatable bonds is 23. The standard InChI is InChI=1S/C29H41N7O9S/c1-41-24-4-3-20(33-28(40)23-16-36-8-14-46-29(36)35-23)15-22(24)27(39)34-21(17-43-12-13-44-18-25(31)37)5-9-42-10-11-45-19-26(38)32-7-2-6-30/h3-4,8,14-16,21H,2,5-7,9-13,17-19,30H2,1H3,(H2,31,37)(H,32,38)(H,33,40)(H,34,39). The van der Waals surface area contributed by atoms with Crippen LogP contribution in [0.15, 0.2) is 36.0 Å². The number of nitrogens with zero attached hydrogens (tertiary/aromatic N) is 2. The van der Waals surface area contributed by atoms with Crippen molar-refractivity contribution in [3.63, 3.8) is 0 Å². The van der Waals surface area contributed by atoms with Crippen LogP contribution in [0.5, 0.6) is 5.75 Å². The number of nitrogens with two attached hydrogens (primary N) is 2. The Morgan fingerprint density at radius 3 is 2.50 bits per heavy atom. The van der Waals surface area contributed by atoms with Crippen LogP contribution in [0.2, 0.25) is 0 Å². The van der Waals surface area contributed by atoms with E-state index in [0.29, 0.717) is 42.3 Å². The number of nitrogens with one attached hydrogen (secondary N) is 3. The molecule has 2 aromatic heterocycles. The van der Waals surface area contributed by atoms with Gasteiger partial charge in [0.15, 0.2) is 4.96 Å². The number of anilines is 1. The summed E-state index contributed by atoms with van der Waals surface area (Å²) in [6.45, 7) is 1.81. The number of aromatic nitrogens is 2. The fraction of sp³-hybridized carbons (Fsp3) is 0.483. The summed E-state index contributed by atoms with van der Waals surface area (Å²) < 4.78 is 28.9. The number of carbonyl (C=O) groups excluding carboxylic acids is 4. The zero-order valence-electron chi connectivity index (χ0n) is 25.7. The lowest BCUT2D eigenvalue weighted by Gasteiger charge is -2.20. The second kappa shape index (κ2) is 20.1. The molecule has 3 aromatic rings. The van der Waals surface area contributed by atoms with Gasteiger partial charge in [-0.3, -0.25) is 23.6 Å². The molecule has 2 heterocycles. The topological polar surface area (TPSA) is 220 Å². The highest BCUT2D eigenvalue weighted by atomic mass is 32.1. The van der Waals surface area contributed by atoms with E-state index in [0.717, 1.165) is 0 Å². The van der Waals surface area contributed by atoms with Crippen molar-refractivity contribution in [3.05, 3.63) is 47.2 Å². The van der Waals surface area contributed by atoms with Crippen LogP contribution in [0.25, 0.3) is 4.96 Å². The summed E-state index contributed by atoms with van der Waals surface area (Å²) in [6, 6.07) is 4.23. The van der Waals surface area contributed by atoms with E-state index < -0.39 is 23.8 Å². The van der Waals surface area contributed by atoms with Crippen molar-refractivity contribution in [2.75, 3.05) is 78.4 Å². The minimum absolute atomic E-state index is 0.0830. The molecule has 0 fully saturated rings. The van der Waals surface area contributed by atoms with Crippen LogP contribution in [0.3, 0.4) is 0 Å². The first-order valence-electron chi connectivity index (χ1n) is 14.6. The summed E-state index contributed by atoms with van der Waals surface area (Å²) in [7, 11) is 1.44. The number of carbonyl (C=O) groups is 4. The highest BCUT2D eigenvalue weighted by molar-refractivity contribution is 7.15. The lowest BCUT2D eigenvalue weighted by molar-refractivity contribution is -0.126. The monoisotopic (exact) mass is 663 g/mol. The molecule has 0 saturated heterocycles. The second-order valence-electron chi connectivity index (χ2n) is 9.80. The van der Waals surface area contributed by atoms with Crippen LogP contribution in [0.4, 0.5) is 5.69 Å². The van der Waals surface area contributed by atoms with E-state index in [1.807, 2.05) is 5.38 Å². The van der Waals surface area contributed by atoms with Crippen molar-refractivity contribution in [3.8, 4) is 5.75 Å². The van der Waals surface area contributed by atoms with E-state index in [-0.39, 0.29) is 70.0 Å². The predicted octanol–water partition coefficient (Wildman–Crippen LogP) is 0.162. The molecule has 0 spiro atoms. The van der Waals surface area contributed by atoms with Crippen molar-refractivity contribution in [2.24, 2.45) is 11.5 Å². The van der Waals surface area contributed by atoms with E-state index in [2.05, 4.69) is 20.9 Å². The Kier molecular flexibility index (Phi) is 15.9. The molecule has 0 bridgehead atoms. The normalized spacial score (nSPS) is 11.7. The fourth-order valence-electron chi connectivity index (χ4n) is 3.96. The number of primary amides is 1. The number of hydrogen-bond acceptors (Lipinski definition) is 12. The molecule has 0 aliphatic rings. The molecular weight excluding hydrogens is 622 g/mol. The number of ether oxygens (including phenoxy) is 5. The van der Waals surface area contributed by atoms with Crippen molar-refractivity contribution < 1.29 is 42.9 Å². The van der Waals surface area contributed by atoms with Gasteiger partial charge >= 0.3 is 0 Å². The lowest BCUT2D eigenvalue weighted by atomic mass is 10.1. The summed E-state index contributed by atoms with van der Waals surface area (Å²) in [5.41, 5.74) is 11.3. The maximum atomic E-state index is 13.4. The molecule has 1 unspecified atom stereocenters. The summed E-state index contributed by atoms with van der Waals surface area (Å²) in [4.78, 5) is 53.8. The van der Waals surface area contributed by atoms with E-state index >= 15 is 0 Å². The molecular formula is C29H41N7O9S. The van der Waals surface area contributed by atoms with Crippen molar-refractivity contribution in [1.29, 1.82) is 0 Å². The van der Waals surface area contributed by atoms with Gasteiger partial charge in [-0.15, -0.1) is 11.3 Å². The van der Waals surface area contributed by atoms with Gasteiger partial charge in [-0.2, -0.15) is 0 Å². The van der Waals surface area contributed by atoms with Crippen molar-refractivity contribution in [2.45, 2.75) is 18.9 Å². The quantitative estimate of drug-likeness (QED) is 0.0861. The van der Waals surface area contributed by atoms with E-state index in [4.69, 9.17) is 35.2 Å². The third-order valence-corrected chi connectivity index (χ3v) is 6.99. The van der Waals surface area contributed by atoms with Crippen molar-refractivity contribution >= 4 is 45.6 Å². The number of hydrogen-bond donors (Lipinski definition) is 5. The Morgan fingerprint density at radius 2 is 1.76 bits per heavy atom. The van der Waals surface area contributed by atoms with Gasteiger partial charge in [0.05, 0.1) is 51.7 Å². The molecule has 0 radical (unpaired) electrons. The molecule has 252 valence electrons. The Labute approximate surface area is 270 Å². The van der Waals surface area contributed by atoms with Gasteiger partial charge in [0.25, 0.3) is 11.8 Å². The summed E-state index contributed by atoms with van der Waals surface area (Å²) in [6.07, 6.45) is 4.50. The lowest BCUT2D eigenvalue weighted by Crippen LogP contribution is -2.39. The van der Waals surface area contributed by atoms with Gasteiger partial charge in [0.2, 0.25) is 11.8 Å². The molecule has 0 aliphatic heterocycles. The van der Waals surface area contributed by atoms with Gasteiger partial charge in [-0.05, 0) is 37.6 Å². The number of fused-ring (bicyclic) bond motifs is 1. The molecule has 0 aliphatic carbocycles. The van der Waals surface area contributed by atoms with Crippen LogP contribution in [-0.2, 0) is 28.5 Å². The number of imidazole rings is 1. The van der Waals surface area contributed by atoms with Gasteiger partial charge in [0.1, 0.15) is 24.7 Å². The average molecular weight is 664 g/mol. The Balaban J connectivity index is 1.54. The maximum Gasteiger partial charge on any atom is 0.275 e. The van der Waals surface area contributed by atoms with Crippen LogP contribution in [0, 0.1) is 0 Å². The molecule has 7 N–H and O–H groups in total. The maximum absolute atomic E-state index is 13.4. The molecule has 0 saturated carbocycles. The highest BCUT2D eigenvalue weighted by Crippen LogP contribution is 2.24. The Morgan fingerprint density at radius 1 is 1.00 bits per heavy atom. The molecule has 17 heteroatoms. The highest BCUT2D eigenvalue weighted by Gasteiger charge is 2.20. The zero-order valence-corrected chi connectivity index (χ0v) is 26.5. The van der Waals surface area contributed by atoms with Gasteiger partial charge in [-0.25, -0.2) is 4.98 Å². The van der Waals surface area contributed by atoms with Gasteiger partial charge in [-0.1, -0.05) is 0 Å². The Hall–Kier alpha value is -4.13.